The number of nitrogens with zero attached hydrogens (tertiary/aromatic N) is 1. The number of hydrogen-bond acceptors (Lipinski definition) is 5. The minimum Gasteiger partial charge on any atom is -0.508 e. The predicted octanol–water partition coefficient (Wildman–Crippen LogP) is 5.66. The van der Waals surface area contributed by atoms with Crippen LogP contribution in [-0.2, 0) is 12.8 Å². The Labute approximate surface area is 176 Å². The Kier molecular flexibility index (Phi) is 4.66. The van der Waals surface area contributed by atoms with Gasteiger partial charge in [-0.3, -0.25) is 4.79 Å². The van der Waals surface area contributed by atoms with Gasteiger partial charge in [-0.1, -0.05) is 31.0 Å². The number of benzene rings is 2. The maximum Gasteiger partial charge on any atom is 0.173 e. The van der Waals surface area contributed by atoms with Crippen molar-refractivity contribution in [3.8, 4) is 5.75 Å². The Morgan fingerprint density at radius 2 is 2.00 bits per heavy atom. The molecular formula is C25H25N3O2. The highest BCUT2D eigenvalue weighted by Gasteiger charge is 2.25. The highest BCUT2D eigenvalue weighted by Crippen LogP contribution is 2.36. The number of rotatable bonds is 5. The molecule has 2 heterocycles. The van der Waals surface area contributed by atoms with E-state index in [4.69, 9.17) is 0 Å². The molecule has 0 saturated heterocycles. The number of phenolic OH excluding ortho intramolecular Hbond substituents is 1. The molecule has 0 amide bonds. The van der Waals surface area contributed by atoms with Gasteiger partial charge in [-0.2, -0.15) is 0 Å². The van der Waals surface area contributed by atoms with Crippen LogP contribution in [0.4, 0.5) is 22.9 Å². The van der Waals surface area contributed by atoms with E-state index in [1.807, 2.05) is 13.0 Å². The summed E-state index contributed by atoms with van der Waals surface area (Å²) in [6.07, 6.45) is 7.06. The molecule has 1 aromatic heterocycles. The van der Waals surface area contributed by atoms with Crippen molar-refractivity contribution in [3.05, 3.63) is 70.9 Å². The summed E-state index contributed by atoms with van der Waals surface area (Å²) in [5.74, 6) is 1.67. The summed E-state index contributed by atoms with van der Waals surface area (Å²) < 4.78 is 0. The van der Waals surface area contributed by atoms with Crippen LogP contribution in [0.1, 0.15) is 46.3 Å². The maximum atomic E-state index is 13.2. The lowest BCUT2D eigenvalue weighted by Crippen LogP contribution is -2.08. The molecule has 3 aromatic rings. The first kappa shape index (κ1) is 18.7. The summed E-state index contributed by atoms with van der Waals surface area (Å²) >= 11 is 0. The van der Waals surface area contributed by atoms with Crippen molar-refractivity contribution in [2.75, 3.05) is 10.6 Å². The van der Waals surface area contributed by atoms with E-state index >= 15 is 0 Å². The molecule has 30 heavy (non-hydrogen) atoms. The molecular weight excluding hydrogens is 374 g/mol. The first-order valence-electron chi connectivity index (χ1n) is 10.5. The van der Waals surface area contributed by atoms with Gasteiger partial charge in [0, 0.05) is 30.1 Å². The van der Waals surface area contributed by atoms with E-state index in [-0.39, 0.29) is 11.5 Å². The molecule has 5 nitrogen and oxygen atoms in total. The number of aromatic nitrogens is 1. The molecule has 1 aliphatic heterocycles. The average molecular weight is 399 g/mol. The Hall–Kier alpha value is -3.34. The third-order valence-corrected chi connectivity index (χ3v) is 6.03. The summed E-state index contributed by atoms with van der Waals surface area (Å²) in [6, 6.07) is 13.4. The second kappa shape index (κ2) is 7.48. The lowest BCUT2D eigenvalue weighted by molar-refractivity contribution is 0.0995. The quantitative estimate of drug-likeness (QED) is 0.516. The van der Waals surface area contributed by atoms with Gasteiger partial charge in [-0.15, -0.1) is 0 Å². The van der Waals surface area contributed by atoms with E-state index in [0.717, 1.165) is 34.8 Å². The summed E-state index contributed by atoms with van der Waals surface area (Å²) in [5.41, 5.74) is 6.24. The van der Waals surface area contributed by atoms with Gasteiger partial charge in [0.2, 0.25) is 0 Å². The smallest absolute Gasteiger partial charge is 0.173 e. The molecule has 2 aliphatic rings. The van der Waals surface area contributed by atoms with E-state index in [9.17, 15) is 9.90 Å². The highest BCUT2D eigenvalue weighted by molar-refractivity contribution is 6.09. The molecule has 0 bridgehead atoms. The Morgan fingerprint density at radius 1 is 1.13 bits per heavy atom. The van der Waals surface area contributed by atoms with Crippen molar-refractivity contribution in [2.24, 2.45) is 5.92 Å². The average Bonchev–Trinajstić information content (AvgIpc) is 3.56. The monoisotopic (exact) mass is 399 g/mol. The van der Waals surface area contributed by atoms with Crippen LogP contribution in [0.15, 0.2) is 48.7 Å². The fourth-order valence-corrected chi connectivity index (χ4v) is 4.07. The largest absolute Gasteiger partial charge is 0.508 e. The molecule has 1 saturated carbocycles. The number of carbonyl (C=O) groups is 1. The molecule has 0 unspecified atom stereocenters. The van der Waals surface area contributed by atoms with Crippen LogP contribution >= 0.6 is 0 Å². The van der Waals surface area contributed by atoms with Crippen molar-refractivity contribution >= 4 is 28.7 Å². The first-order valence-corrected chi connectivity index (χ1v) is 10.5. The number of phenols is 1. The summed E-state index contributed by atoms with van der Waals surface area (Å²) in [5, 5.41) is 16.5. The number of aromatic hydroxyl groups is 1. The van der Waals surface area contributed by atoms with Crippen molar-refractivity contribution in [2.45, 2.75) is 39.0 Å². The predicted molar refractivity (Wildman–Crippen MR) is 119 cm³/mol. The number of hydrogen-bond donors (Lipinski definition) is 3. The van der Waals surface area contributed by atoms with Crippen LogP contribution in [0.25, 0.3) is 0 Å². The second-order valence-corrected chi connectivity index (χ2v) is 8.40. The zero-order chi connectivity index (χ0) is 20.7. The SMILES string of the molecule is Cc1ccc(O)cc1Nc1ccnc2c1C(=O)Cc1cc(CCC3CC3)ccc1N2. The molecule has 0 atom stereocenters. The van der Waals surface area contributed by atoms with E-state index in [2.05, 4.69) is 33.8 Å². The molecule has 5 heteroatoms. The van der Waals surface area contributed by atoms with E-state index in [0.29, 0.717) is 23.5 Å². The Bertz CT molecular complexity index is 1140. The van der Waals surface area contributed by atoms with Crippen molar-refractivity contribution < 1.29 is 9.90 Å². The molecule has 1 fully saturated rings. The lowest BCUT2D eigenvalue weighted by Gasteiger charge is -2.15. The van der Waals surface area contributed by atoms with E-state index in [1.165, 1.54) is 24.8 Å². The van der Waals surface area contributed by atoms with Crippen LogP contribution in [0, 0.1) is 12.8 Å². The minimum absolute atomic E-state index is 0.0315. The molecule has 0 spiro atoms. The molecule has 1 aliphatic carbocycles. The zero-order valence-electron chi connectivity index (χ0n) is 17.0. The topological polar surface area (TPSA) is 74.2 Å². The molecule has 5 rings (SSSR count). The van der Waals surface area contributed by atoms with Crippen LogP contribution < -0.4 is 10.6 Å². The summed E-state index contributed by atoms with van der Waals surface area (Å²) in [4.78, 5) is 17.7. The van der Waals surface area contributed by atoms with Gasteiger partial charge in [0.1, 0.15) is 11.6 Å². The lowest BCUT2D eigenvalue weighted by atomic mass is 9.99. The Morgan fingerprint density at radius 3 is 2.83 bits per heavy atom. The minimum atomic E-state index is 0.0315. The van der Waals surface area contributed by atoms with Gasteiger partial charge in [0.25, 0.3) is 0 Å². The maximum absolute atomic E-state index is 13.2. The number of Topliss-reactive ketones (excluding diaryl/α,β-unsaturated/α-hetero) is 1. The summed E-state index contributed by atoms with van der Waals surface area (Å²) in [7, 11) is 0. The first-order chi connectivity index (χ1) is 14.6. The van der Waals surface area contributed by atoms with Crippen molar-refractivity contribution in [1.82, 2.24) is 4.98 Å². The standard InChI is InChI=1S/C25H25N3O2/c1-15-2-8-19(29)14-22(15)27-21-10-11-26-25-24(21)23(30)13-18-12-17(6-5-16-3-4-16)7-9-20(18)28-25/h2,7-12,14,16,29H,3-6,13H2,1H3,(H2,26,27,28). The van der Waals surface area contributed by atoms with Crippen molar-refractivity contribution in [3.63, 3.8) is 0 Å². The van der Waals surface area contributed by atoms with Crippen LogP contribution in [-0.4, -0.2) is 15.9 Å². The molecule has 0 radical (unpaired) electrons. The summed E-state index contributed by atoms with van der Waals surface area (Å²) in [6.45, 7) is 1.96. The fraction of sp³-hybridized carbons (Fsp3) is 0.280. The van der Waals surface area contributed by atoms with Gasteiger partial charge in [0.15, 0.2) is 5.78 Å². The number of fused-ring (bicyclic) bond motifs is 2. The van der Waals surface area contributed by atoms with Gasteiger partial charge in [0.05, 0.1) is 11.3 Å². The zero-order valence-corrected chi connectivity index (χ0v) is 17.0. The van der Waals surface area contributed by atoms with E-state index in [1.54, 1.807) is 24.4 Å². The third kappa shape index (κ3) is 3.75. The van der Waals surface area contributed by atoms with Gasteiger partial charge >= 0.3 is 0 Å². The van der Waals surface area contributed by atoms with Crippen LogP contribution in [0.2, 0.25) is 0 Å². The number of aryl methyl sites for hydroxylation is 2. The van der Waals surface area contributed by atoms with E-state index < -0.39 is 0 Å². The fourth-order valence-electron chi connectivity index (χ4n) is 4.07. The number of anilines is 4. The molecule has 152 valence electrons. The number of nitrogens with one attached hydrogen (secondary N) is 2. The normalized spacial score (nSPS) is 15.0. The number of ketones is 1. The number of carbonyl (C=O) groups excluding carboxylic acids is 1. The highest BCUT2D eigenvalue weighted by atomic mass is 16.3. The molecule has 3 N–H and O–H groups in total. The Balaban J connectivity index is 1.46. The van der Waals surface area contributed by atoms with Gasteiger partial charge in [-0.25, -0.2) is 4.98 Å². The second-order valence-electron chi connectivity index (χ2n) is 8.40. The number of pyridine rings is 1. The van der Waals surface area contributed by atoms with Gasteiger partial charge < -0.3 is 15.7 Å². The van der Waals surface area contributed by atoms with Crippen LogP contribution in [0.3, 0.4) is 0 Å². The van der Waals surface area contributed by atoms with Gasteiger partial charge in [-0.05, 0) is 60.6 Å². The molecule has 2 aromatic carbocycles. The van der Waals surface area contributed by atoms with Crippen molar-refractivity contribution in [1.29, 1.82) is 0 Å². The third-order valence-electron chi connectivity index (χ3n) is 6.03. The van der Waals surface area contributed by atoms with Crippen LogP contribution in [0.5, 0.6) is 5.75 Å².